The molecule has 0 bridgehead atoms. The van der Waals surface area contributed by atoms with Crippen LogP contribution in [0.2, 0.25) is 0 Å². The Kier molecular flexibility index (Phi) is 7.24. The van der Waals surface area contributed by atoms with Crippen molar-refractivity contribution in [1.29, 1.82) is 0 Å². The van der Waals surface area contributed by atoms with Crippen molar-refractivity contribution < 1.29 is 0 Å². The molecule has 0 heteroatoms. The Morgan fingerprint density at radius 2 is 1.62 bits per heavy atom. The summed E-state index contributed by atoms with van der Waals surface area (Å²) in [5.41, 5.74) is 4.74. The summed E-state index contributed by atoms with van der Waals surface area (Å²) in [5, 5.41) is 0. The predicted molar refractivity (Wildman–Crippen MR) is 96.4 cm³/mol. The van der Waals surface area contributed by atoms with Crippen LogP contribution >= 0.6 is 0 Å². The molecule has 0 saturated heterocycles. The second-order valence-corrected chi connectivity index (χ2v) is 8.28. The predicted octanol–water partition coefficient (Wildman–Crippen LogP) is 7.02. The van der Waals surface area contributed by atoms with E-state index in [0.717, 1.165) is 23.7 Å². The average molecular weight is 291 g/mol. The Morgan fingerprint density at radius 3 is 2.14 bits per heavy atom. The van der Waals surface area contributed by atoms with E-state index in [-0.39, 0.29) is 0 Å². The van der Waals surface area contributed by atoms with Gasteiger partial charge < -0.3 is 0 Å². The average Bonchev–Trinajstić information content (AvgIpc) is 2.39. The zero-order valence-electron chi connectivity index (χ0n) is 15.6. The second-order valence-electron chi connectivity index (χ2n) is 8.28. The molecule has 122 valence electrons. The van der Waals surface area contributed by atoms with E-state index in [2.05, 4.69) is 55.0 Å². The third-order valence-electron chi connectivity index (χ3n) is 5.86. The first kappa shape index (κ1) is 18.5. The molecule has 0 aromatic heterocycles. The third kappa shape index (κ3) is 5.64. The molecule has 1 aliphatic rings. The monoisotopic (exact) mass is 290 g/mol. The Labute approximate surface area is 134 Å². The van der Waals surface area contributed by atoms with Crippen LogP contribution in [-0.2, 0) is 0 Å². The number of hydrogen-bond acceptors (Lipinski definition) is 0. The second kappa shape index (κ2) is 8.20. The van der Waals surface area contributed by atoms with Crippen LogP contribution in [0.3, 0.4) is 0 Å². The molecule has 0 amide bonds. The minimum atomic E-state index is 0.658. The van der Waals surface area contributed by atoms with Crippen molar-refractivity contribution in [3.8, 4) is 0 Å². The molecule has 1 saturated carbocycles. The molecule has 1 fully saturated rings. The molecule has 0 aromatic rings. The van der Waals surface area contributed by atoms with Gasteiger partial charge in [0.05, 0.1) is 0 Å². The Morgan fingerprint density at radius 1 is 1.00 bits per heavy atom. The van der Waals surface area contributed by atoms with E-state index in [4.69, 9.17) is 0 Å². The van der Waals surface area contributed by atoms with Gasteiger partial charge in [0.15, 0.2) is 0 Å². The molecule has 0 radical (unpaired) electrons. The minimum Gasteiger partial charge on any atom is -0.0998 e. The summed E-state index contributed by atoms with van der Waals surface area (Å²) in [6.45, 7) is 20.9. The van der Waals surface area contributed by atoms with Gasteiger partial charge >= 0.3 is 0 Å². The minimum absolute atomic E-state index is 0.658. The van der Waals surface area contributed by atoms with Crippen molar-refractivity contribution in [1.82, 2.24) is 0 Å². The molecule has 1 rings (SSSR count). The lowest BCUT2D eigenvalue weighted by Gasteiger charge is -2.34. The summed E-state index contributed by atoms with van der Waals surface area (Å²) in [5.74, 6) is 4.02. The highest BCUT2D eigenvalue weighted by Crippen LogP contribution is 2.39. The van der Waals surface area contributed by atoms with Gasteiger partial charge in [-0.05, 0) is 75.5 Å². The molecule has 0 aliphatic heterocycles. The Balaban J connectivity index is 2.65. The van der Waals surface area contributed by atoms with Gasteiger partial charge in [0.2, 0.25) is 0 Å². The van der Waals surface area contributed by atoms with Gasteiger partial charge in [0, 0.05) is 0 Å². The van der Waals surface area contributed by atoms with Gasteiger partial charge in [-0.25, -0.2) is 0 Å². The van der Waals surface area contributed by atoms with Crippen LogP contribution in [0.15, 0.2) is 23.3 Å². The van der Waals surface area contributed by atoms with Crippen LogP contribution in [0, 0.1) is 29.6 Å². The van der Waals surface area contributed by atoms with Crippen molar-refractivity contribution in [3.05, 3.63) is 23.3 Å². The van der Waals surface area contributed by atoms with Crippen LogP contribution in [0.4, 0.5) is 0 Å². The van der Waals surface area contributed by atoms with Crippen LogP contribution in [0.25, 0.3) is 0 Å². The fourth-order valence-electron chi connectivity index (χ4n) is 3.90. The maximum atomic E-state index is 4.29. The van der Waals surface area contributed by atoms with E-state index in [1.165, 1.54) is 37.7 Å². The molecule has 4 unspecified atom stereocenters. The highest BCUT2D eigenvalue weighted by molar-refractivity contribution is 5.18. The molecular weight excluding hydrogens is 252 g/mol. The quantitative estimate of drug-likeness (QED) is 0.461. The lowest BCUT2D eigenvalue weighted by molar-refractivity contribution is 0.228. The largest absolute Gasteiger partial charge is 0.0998 e. The molecule has 0 nitrogen and oxygen atoms in total. The molecule has 1 aliphatic carbocycles. The van der Waals surface area contributed by atoms with Gasteiger partial charge in [-0.2, -0.15) is 0 Å². The topological polar surface area (TPSA) is 0 Å². The third-order valence-corrected chi connectivity index (χ3v) is 5.86. The molecule has 0 spiro atoms. The summed E-state index contributed by atoms with van der Waals surface area (Å²) in [7, 11) is 0. The van der Waals surface area contributed by atoms with Gasteiger partial charge in [0.25, 0.3) is 0 Å². The summed E-state index contributed by atoms with van der Waals surface area (Å²) in [4.78, 5) is 0. The van der Waals surface area contributed by atoms with E-state index in [1.807, 2.05) is 0 Å². The molecular formula is C21H38. The summed E-state index contributed by atoms with van der Waals surface area (Å²) in [6.07, 6.45) is 6.54. The Bertz CT molecular complexity index is 371. The van der Waals surface area contributed by atoms with Crippen molar-refractivity contribution >= 4 is 0 Å². The number of hydrogen-bond donors (Lipinski definition) is 0. The highest BCUT2D eigenvalue weighted by atomic mass is 14.3. The molecule has 0 heterocycles. The number of rotatable bonds is 6. The van der Waals surface area contributed by atoms with E-state index in [1.54, 1.807) is 11.1 Å². The van der Waals surface area contributed by atoms with Crippen LogP contribution < -0.4 is 0 Å². The lowest BCUT2D eigenvalue weighted by atomic mass is 9.72. The molecule has 0 N–H and O–H groups in total. The first-order chi connectivity index (χ1) is 9.72. The summed E-state index contributed by atoms with van der Waals surface area (Å²) in [6, 6.07) is 0. The van der Waals surface area contributed by atoms with Crippen LogP contribution in [-0.4, -0.2) is 0 Å². The fourth-order valence-corrected chi connectivity index (χ4v) is 3.90. The standard InChI is InChI=1S/C21H38/c1-14(2)11-15(3)12-18(6)19(7)20(8)21-10-9-16(4)17(5)13-21/h14,16-18,21H,3,9-13H2,1-2,4-8H3. The van der Waals surface area contributed by atoms with Crippen LogP contribution in [0.1, 0.15) is 80.6 Å². The first-order valence-electron chi connectivity index (χ1n) is 9.06. The van der Waals surface area contributed by atoms with E-state index in [9.17, 15) is 0 Å². The number of allylic oxidation sites excluding steroid dienone is 3. The van der Waals surface area contributed by atoms with E-state index >= 15 is 0 Å². The highest BCUT2D eigenvalue weighted by Gasteiger charge is 2.26. The van der Waals surface area contributed by atoms with Crippen molar-refractivity contribution in [2.75, 3.05) is 0 Å². The van der Waals surface area contributed by atoms with Gasteiger partial charge in [0.1, 0.15) is 0 Å². The smallest absolute Gasteiger partial charge is 0.0195 e. The normalized spacial score (nSPS) is 29.2. The Hall–Kier alpha value is -0.520. The maximum absolute atomic E-state index is 4.29. The van der Waals surface area contributed by atoms with E-state index < -0.39 is 0 Å². The van der Waals surface area contributed by atoms with Crippen molar-refractivity contribution in [2.45, 2.75) is 80.6 Å². The SMILES string of the molecule is C=C(CC(C)C)CC(C)C(C)=C(C)C1CCC(C)C(C)C1. The molecule has 0 aromatic carbocycles. The van der Waals surface area contributed by atoms with Gasteiger partial charge in [-0.15, -0.1) is 0 Å². The zero-order chi connectivity index (χ0) is 16.2. The van der Waals surface area contributed by atoms with Crippen molar-refractivity contribution in [2.24, 2.45) is 29.6 Å². The summed E-state index contributed by atoms with van der Waals surface area (Å²) < 4.78 is 0. The zero-order valence-corrected chi connectivity index (χ0v) is 15.6. The summed E-state index contributed by atoms with van der Waals surface area (Å²) >= 11 is 0. The first-order valence-corrected chi connectivity index (χ1v) is 9.06. The lowest BCUT2D eigenvalue weighted by Crippen LogP contribution is -2.22. The van der Waals surface area contributed by atoms with Crippen LogP contribution in [0.5, 0.6) is 0 Å². The maximum Gasteiger partial charge on any atom is -0.0195 e. The van der Waals surface area contributed by atoms with E-state index in [0.29, 0.717) is 5.92 Å². The van der Waals surface area contributed by atoms with Crippen molar-refractivity contribution in [3.63, 3.8) is 0 Å². The molecule has 21 heavy (non-hydrogen) atoms. The van der Waals surface area contributed by atoms with Gasteiger partial charge in [-0.1, -0.05) is 57.9 Å². The van der Waals surface area contributed by atoms with Gasteiger partial charge in [-0.3, -0.25) is 0 Å². The fraction of sp³-hybridized carbons (Fsp3) is 0.810. The molecule has 4 atom stereocenters.